The van der Waals surface area contributed by atoms with Gasteiger partial charge in [-0.2, -0.15) is 0 Å². The van der Waals surface area contributed by atoms with Crippen molar-refractivity contribution < 1.29 is 0 Å². The predicted molar refractivity (Wildman–Crippen MR) is 112 cm³/mol. The summed E-state index contributed by atoms with van der Waals surface area (Å²) in [6, 6.07) is 35.7. The average molecular weight is 335 g/mol. The average Bonchev–Trinajstić information content (AvgIpc) is 3.08. The number of H-pyrrole nitrogens is 1. The van der Waals surface area contributed by atoms with Crippen LogP contribution in [0.3, 0.4) is 0 Å². The second kappa shape index (κ2) is 7.28. The van der Waals surface area contributed by atoms with Gasteiger partial charge in [0.15, 0.2) is 0 Å². The van der Waals surface area contributed by atoms with E-state index in [4.69, 9.17) is 0 Å². The summed E-state index contributed by atoms with van der Waals surface area (Å²) in [6.07, 6.45) is 0. The lowest BCUT2D eigenvalue weighted by atomic mass is 10.0. The number of hydrogen-bond acceptors (Lipinski definition) is 0. The third-order valence-electron chi connectivity index (χ3n) is 4.64. The molecule has 5 aromatic rings. The molecule has 126 valence electrons. The summed E-state index contributed by atoms with van der Waals surface area (Å²) < 4.78 is 0. The number of hydrogen-bond donors (Lipinski definition) is 1. The molecule has 0 saturated heterocycles. The van der Waals surface area contributed by atoms with E-state index in [1.165, 1.54) is 38.5 Å². The summed E-state index contributed by atoms with van der Waals surface area (Å²) in [7, 11) is 0. The molecule has 26 heavy (non-hydrogen) atoms. The van der Waals surface area contributed by atoms with Crippen LogP contribution in [0.25, 0.3) is 32.9 Å². The molecule has 1 heteroatoms. The van der Waals surface area contributed by atoms with E-state index in [0.29, 0.717) is 0 Å². The number of aromatic nitrogens is 1. The maximum atomic E-state index is 3.38. The van der Waals surface area contributed by atoms with Gasteiger partial charge in [-0.25, -0.2) is 0 Å². The topological polar surface area (TPSA) is 15.8 Å². The Balaban J connectivity index is 0.000000129. The molecule has 0 atom stereocenters. The molecular weight excluding hydrogens is 314 g/mol. The van der Waals surface area contributed by atoms with Crippen molar-refractivity contribution in [3.05, 3.63) is 109 Å². The summed E-state index contributed by atoms with van der Waals surface area (Å²) in [4.78, 5) is 3.38. The van der Waals surface area contributed by atoms with E-state index in [0.717, 1.165) is 0 Å². The molecule has 1 N–H and O–H groups in total. The van der Waals surface area contributed by atoms with Crippen molar-refractivity contribution in [3.8, 4) is 11.1 Å². The Morgan fingerprint density at radius 3 is 1.62 bits per heavy atom. The molecule has 0 unspecified atom stereocenters. The molecule has 5 rings (SSSR count). The number of fused-ring (bicyclic) bond motifs is 3. The summed E-state index contributed by atoms with van der Waals surface area (Å²) in [6.45, 7) is 2.14. The molecule has 0 fully saturated rings. The smallest absolute Gasteiger partial charge is 0.0464 e. The van der Waals surface area contributed by atoms with Crippen LogP contribution in [0.2, 0.25) is 0 Å². The Morgan fingerprint density at radius 2 is 1.00 bits per heavy atom. The molecule has 1 aromatic heterocycles. The SMILES string of the molecule is Cc1ccccc1-c1ccccc1.c1ccc2c(c1)[nH]c1ccccc12. The molecule has 0 aliphatic heterocycles. The highest BCUT2D eigenvalue weighted by Crippen LogP contribution is 2.24. The lowest BCUT2D eigenvalue weighted by Crippen LogP contribution is -1.80. The van der Waals surface area contributed by atoms with E-state index in [2.05, 4.69) is 109 Å². The first kappa shape index (κ1) is 16.2. The second-order valence-corrected chi connectivity index (χ2v) is 6.40. The molecule has 0 aliphatic carbocycles. The minimum absolute atomic E-state index is 1.21. The standard InChI is InChI=1S/C13H12.C12H9N/c1-11-7-5-6-10-13(11)12-8-3-2-4-9-12;1-3-7-11-9(5-1)10-6-2-4-8-12(10)13-11/h2-10H,1H3;1-8,13H. The van der Waals surface area contributed by atoms with Crippen LogP contribution in [0.1, 0.15) is 5.56 Å². The number of benzene rings is 4. The van der Waals surface area contributed by atoms with Crippen LogP contribution in [0.5, 0.6) is 0 Å². The summed E-state index contributed by atoms with van der Waals surface area (Å²) in [5.41, 5.74) is 6.37. The van der Waals surface area contributed by atoms with Gasteiger partial charge >= 0.3 is 0 Å². The van der Waals surface area contributed by atoms with Crippen molar-refractivity contribution >= 4 is 21.8 Å². The second-order valence-electron chi connectivity index (χ2n) is 6.40. The van der Waals surface area contributed by atoms with Crippen LogP contribution in [0.15, 0.2) is 103 Å². The van der Waals surface area contributed by atoms with Crippen LogP contribution in [0.4, 0.5) is 0 Å². The van der Waals surface area contributed by atoms with Gasteiger partial charge in [0.2, 0.25) is 0 Å². The quantitative estimate of drug-likeness (QED) is 0.340. The Labute approximate surface area is 153 Å². The highest BCUT2D eigenvalue weighted by atomic mass is 14.7. The van der Waals surface area contributed by atoms with Crippen LogP contribution < -0.4 is 0 Å². The fourth-order valence-corrected chi connectivity index (χ4v) is 3.31. The Bertz CT molecular complexity index is 1090. The van der Waals surface area contributed by atoms with E-state index in [1.807, 2.05) is 6.07 Å². The molecule has 0 bridgehead atoms. The van der Waals surface area contributed by atoms with E-state index in [1.54, 1.807) is 0 Å². The van der Waals surface area contributed by atoms with Crippen molar-refractivity contribution in [2.24, 2.45) is 0 Å². The molecule has 4 aromatic carbocycles. The zero-order chi connectivity index (χ0) is 17.8. The largest absolute Gasteiger partial charge is 0.355 e. The normalized spacial score (nSPS) is 10.5. The van der Waals surface area contributed by atoms with E-state index >= 15 is 0 Å². The van der Waals surface area contributed by atoms with Crippen LogP contribution >= 0.6 is 0 Å². The summed E-state index contributed by atoms with van der Waals surface area (Å²) >= 11 is 0. The zero-order valence-electron chi connectivity index (χ0n) is 14.8. The maximum Gasteiger partial charge on any atom is 0.0464 e. The fourth-order valence-electron chi connectivity index (χ4n) is 3.31. The zero-order valence-corrected chi connectivity index (χ0v) is 14.8. The molecule has 0 amide bonds. The van der Waals surface area contributed by atoms with Crippen LogP contribution in [0, 0.1) is 6.92 Å². The molecular formula is C25H21N. The molecule has 1 nitrogen and oxygen atoms in total. The first-order chi connectivity index (χ1) is 12.8. The third kappa shape index (κ3) is 3.25. The van der Waals surface area contributed by atoms with Gasteiger partial charge in [-0.15, -0.1) is 0 Å². The van der Waals surface area contributed by atoms with Gasteiger partial charge in [0.1, 0.15) is 0 Å². The third-order valence-corrected chi connectivity index (χ3v) is 4.64. The monoisotopic (exact) mass is 335 g/mol. The van der Waals surface area contributed by atoms with Gasteiger partial charge in [0.25, 0.3) is 0 Å². The fraction of sp³-hybridized carbons (Fsp3) is 0.0400. The summed E-state index contributed by atoms with van der Waals surface area (Å²) in [5, 5.41) is 2.61. The van der Waals surface area contributed by atoms with Gasteiger partial charge in [-0.3, -0.25) is 0 Å². The Morgan fingerprint density at radius 1 is 0.500 bits per heavy atom. The number of nitrogens with one attached hydrogen (secondary N) is 1. The minimum Gasteiger partial charge on any atom is -0.355 e. The molecule has 0 radical (unpaired) electrons. The molecule has 0 aliphatic rings. The lowest BCUT2D eigenvalue weighted by molar-refractivity contribution is 1.46. The van der Waals surface area contributed by atoms with E-state index in [-0.39, 0.29) is 0 Å². The molecule has 1 heterocycles. The number of para-hydroxylation sites is 2. The number of aryl methyl sites for hydroxylation is 1. The van der Waals surface area contributed by atoms with Crippen molar-refractivity contribution in [2.45, 2.75) is 6.92 Å². The van der Waals surface area contributed by atoms with Crippen molar-refractivity contribution in [3.63, 3.8) is 0 Å². The van der Waals surface area contributed by atoms with Gasteiger partial charge in [-0.05, 0) is 35.7 Å². The van der Waals surface area contributed by atoms with Gasteiger partial charge < -0.3 is 4.98 Å². The van der Waals surface area contributed by atoms with E-state index in [9.17, 15) is 0 Å². The highest BCUT2D eigenvalue weighted by Gasteiger charge is 2.00. The highest BCUT2D eigenvalue weighted by molar-refractivity contribution is 6.06. The van der Waals surface area contributed by atoms with E-state index < -0.39 is 0 Å². The lowest BCUT2D eigenvalue weighted by Gasteiger charge is -2.04. The summed E-state index contributed by atoms with van der Waals surface area (Å²) in [5.74, 6) is 0. The van der Waals surface area contributed by atoms with Crippen LogP contribution in [-0.4, -0.2) is 4.98 Å². The first-order valence-corrected chi connectivity index (χ1v) is 8.89. The van der Waals surface area contributed by atoms with Crippen molar-refractivity contribution in [2.75, 3.05) is 0 Å². The minimum atomic E-state index is 1.21. The van der Waals surface area contributed by atoms with Crippen LogP contribution in [-0.2, 0) is 0 Å². The molecule has 0 spiro atoms. The Kier molecular flexibility index (Phi) is 4.53. The van der Waals surface area contributed by atoms with Gasteiger partial charge in [0, 0.05) is 21.8 Å². The Hall–Kier alpha value is -3.32. The first-order valence-electron chi connectivity index (χ1n) is 8.89. The maximum absolute atomic E-state index is 3.38. The number of aromatic amines is 1. The van der Waals surface area contributed by atoms with Gasteiger partial charge in [-0.1, -0.05) is 91.0 Å². The number of rotatable bonds is 1. The predicted octanol–water partition coefficient (Wildman–Crippen LogP) is 6.98. The van der Waals surface area contributed by atoms with Crippen molar-refractivity contribution in [1.82, 2.24) is 4.98 Å². The van der Waals surface area contributed by atoms with Crippen molar-refractivity contribution in [1.29, 1.82) is 0 Å². The molecule has 0 saturated carbocycles. The van der Waals surface area contributed by atoms with Gasteiger partial charge in [0.05, 0.1) is 0 Å².